The van der Waals surface area contributed by atoms with E-state index in [2.05, 4.69) is 19.9 Å². The van der Waals surface area contributed by atoms with Gasteiger partial charge in [-0.15, -0.1) is 0 Å². The molecule has 1 aliphatic carbocycles. The van der Waals surface area contributed by atoms with Gasteiger partial charge in [0.2, 0.25) is 0 Å². The molecule has 2 rings (SSSR count). The summed E-state index contributed by atoms with van der Waals surface area (Å²) in [6.45, 7) is 4.37. The Morgan fingerprint density at radius 3 is 2.69 bits per heavy atom. The number of ether oxygens (including phenoxy) is 1. The molecule has 0 heterocycles. The molecule has 1 amide bonds. The molecule has 3 nitrogen and oxygen atoms in total. The van der Waals surface area contributed by atoms with Gasteiger partial charge in [0.1, 0.15) is 5.75 Å². The molecule has 0 radical (unpaired) electrons. The normalized spacial score (nSPS) is 23.6. The van der Waals surface area contributed by atoms with Crippen LogP contribution in [0.5, 0.6) is 5.75 Å². The zero-order valence-corrected chi connectivity index (χ0v) is 9.69. The molecule has 0 fully saturated rings. The maximum atomic E-state index is 10.8. The molecule has 0 saturated heterocycles. The van der Waals surface area contributed by atoms with Gasteiger partial charge in [-0.05, 0) is 36.3 Å². The van der Waals surface area contributed by atoms with Crippen LogP contribution in [-0.2, 0) is 0 Å². The Morgan fingerprint density at radius 1 is 1.31 bits per heavy atom. The predicted molar refractivity (Wildman–Crippen MR) is 62.7 cm³/mol. The number of nitrogens with two attached hydrogens (primary N) is 1. The van der Waals surface area contributed by atoms with Gasteiger partial charge in [0, 0.05) is 5.56 Å². The maximum Gasteiger partial charge on any atom is 0.409 e. The first-order chi connectivity index (χ1) is 7.59. The first-order valence-electron chi connectivity index (χ1n) is 5.69. The van der Waals surface area contributed by atoms with E-state index in [0.717, 1.165) is 12.0 Å². The van der Waals surface area contributed by atoms with E-state index in [9.17, 15) is 4.79 Å². The summed E-state index contributed by atoms with van der Waals surface area (Å²) in [6.07, 6.45) is 1.58. The SMILES string of the molecule is CC1CCC(C)c2c(OC(N)=O)cccc21. The quantitative estimate of drug-likeness (QED) is 0.788. The van der Waals surface area contributed by atoms with Gasteiger partial charge in [-0.2, -0.15) is 0 Å². The highest BCUT2D eigenvalue weighted by molar-refractivity contribution is 5.69. The molecule has 0 aromatic heterocycles. The molecule has 86 valence electrons. The summed E-state index contributed by atoms with van der Waals surface area (Å²) >= 11 is 0. The van der Waals surface area contributed by atoms with E-state index in [0.29, 0.717) is 17.6 Å². The fraction of sp³-hybridized carbons (Fsp3) is 0.462. The minimum absolute atomic E-state index is 0.432. The minimum atomic E-state index is -0.737. The number of rotatable bonds is 1. The molecule has 2 atom stereocenters. The van der Waals surface area contributed by atoms with Crippen molar-refractivity contribution in [1.29, 1.82) is 0 Å². The Labute approximate surface area is 95.6 Å². The molecule has 0 spiro atoms. The number of amides is 1. The Hall–Kier alpha value is -1.51. The van der Waals surface area contributed by atoms with Crippen LogP contribution in [-0.4, -0.2) is 6.09 Å². The lowest BCUT2D eigenvalue weighted by Crippen LogP contribution is -2.19. The summed E-state index contributed by atoms with van der Waals surface area (Å²) in [5, 5.41) is 0. The molecule has 1 aromatic carbocycles. The molecular weight excluding hydrogens is 202 g/mol. The largest absolute Gasteiger partial charge is 0.410 e. The average molecular weight is 219 g/mol. The van der Waals surface area contributed by atoms with Crippen molar-refractivity contribution in [3.8, 4) is 5.75 Å². The second-order valence-corrected chi connectivity index (χ2v) is 4.56. The lowest BCUT2D eigenvalue weighted by molar-refractivity contribution is 0.210. The summed E-state index contributed by atoms with van der Waals surface area (Å²) in [7, 11) is 0. The first-order valence-corrected chi connectivity index (χ1v) is 5.69. The van der Waals surface area contributed by atoms with Crippen molar-refractivity contribution in [1.82, 2.24) is 0 Å². The first kappa shape index (κ1) is 11.0. The Morgan fingerprint density at radius 2 is 2.00 bits per heavy atom. The van der Waals surface area contributed by atoms with Crippen LogP contribution in [0.4, 0.5) is 4.79 Å². The maximum absolute atomic E-state index is 10.8. The summed E-state index contributed by atoms with van der Waals surface area (Å²) in [5.74, 6) is 1.59. The van der Waals surface area contributed by atoms with E-state index in [4.69, 9.17) is 10.5 Å². The average Bonchev–Trinajstić information content (AvgIpc) is 2.23. The third kappa shape index (κ3) is 1.90. The number of carbonyl (C=O) groups excluding carboxylic acids is 1. The van der Waals surface area contributed by atoms with E-state index in [1.54, 1.807) is 0 Å². The highest BCUT2D eigenvalue weighted by Gasteiger charge is 2.25. The van der Waals surface area contributed by atoms with E-state index in [1.165, 1.54) is 12.0 Å². The van der Waals surface area contributed by atoms with Crippen LogP contribution in [0.3, 0.4) is 0 Å². The fourth-order valence-corrected chi connectivity index (χ4v) is 2.52. The van der Waals surface area contributed by atoms with Gasteiger partial charge in [0.05, 0.1) is 0 Å². The molecule has 2 unspecified atom stereocenters. The van der Waals surface area contributed by atoms with Crippen molar-refractivity contribution in [2.45, 2.75) is 38.5 Å². The number of hydrogen-bond acceptors (Lipinski definition) is 2. The summed E-state index contributed by atoms with van der Waals surface area (Å²) in [5.41, 5.74) is 7.52. The third-order valence-corrected chi connectivity index (χ3v) is 3.37. The lowest BCUT2D eigenvalue weighted by atomic mass is 9.78. The molecular formula is C13H17NO2. The summed E-state index contributed by atoms with van der Waals surface area (Å²) in [4.78, 5) is 10.8. The molecule has 1 aromatic rings. The van der Waals surface area contributed by atoms with Gasteiger partial charge in [0.25, 0.3) is 0 Å². The van der Waals surface area contributed by atoms with E-state index in [-0.39, 0.29) is 0 Å². The number of benzene rings is 1. The lowest BCUT2D eigenvalue weighted by Gasteiger charge is -2.28. The second kappa shape index (κ2) is 4.16. The molecule has 1 aliphatic rings. The molecule has 0 bridgehead atoms. The fourth-order valence-electron chi connectivity index (χ4n) is 2.52. The Bertz CT molecular complexity index is 414. The van der Waals surface area contributed by atoms with Crippen molar-refractivity contribution < 1.29 is 9.53 Å². The van der Waals surface area contributed by atoms with E-state index >= 15 is 0 Å². The molecule has 2 N–H and O–H groups in total. The van der Waals surface area contributed by atoms with E-state index in [1.807, 2.05) is 12.1 Å². The van der Waals surface area contributed by atoms with Crippen LogP contribution in [0.1, 0.15) is 49.7 Å². The predicted octanol–water partition coefficient (Wildman–Crippen LogP) is 3.14. The number of primary amides is 1. The van der Waals surface area contributed by atoms with Gasteiger partial charge < -0.3 is 10.5 Å². The van der Waals surface area contributed by atoms with E-state index < -0.39 is 6.09 Å². The standard InChI is InChI=1S/C13H17NO2/c1-8-6-7-9(2)12-10(8)4-3-5-11(12)16-13(14)15/h3-5,8-9H,6-7H2,1-2H3,(H2,14,15). The highest BCUT2D eigenvalue weighted by atomic mass is 16.5. The molecule has 0 saturated carbocycles. The zero-order valence-electron chi connectivity index (χ0n) is 9.69. The van der Waals surface area contributed by atoms with Crippen LogP contribution in [0.2, 0.25) is 0 Å². The van der Waals surface area contributed by atoms with Gasteiger partial charge in [-0.25, -0.2) is 4.79 Å². The number of fused-ring (bicyclic) bond motifs is 1. The summed E-state index contributed by atoms with van der Waals surface area (Å²) < 4.78 is 5.07. The smallest absolute Gasteiger partial charge is 0.409 e. The molecule has 0 aliphatic heterocycles. The number of hydrogen-bond donors (Lipinski definition) is 1. The second-order valence-electron chi connectivity index (χ2n) is 4.56. The van der Waals surface area contributed by atoms with Gasteiger partial charge in [-0.3, -0.25) is 0 Å². The van der Waals surface area contributed by atoms with Gasteiger partial charge in [0.15, 0.2) is 0 Å². The van der Waals surface area contributed by atoms with Crippen LogP contribution in [0.15, 0.2) is 18.2 Å². The molecule has 3 heteroatoms. The van der Waals surface area contributed by atoms with Crippen molar-refractivity contribution in [3.63, 3.8) is 0 Å². The topological polar surface area (TPSA) is 52.3 Å². The van der Waals surface area contributed by atoms with Crippen molar-refractivity contribution in [2.24, 2.45) is 5.73 Å². The van der Waals surface area contributed by atoms with Crippen LogP contribution in [0.25, 0.3) is 0 Å². The minimum Gasteiger partial charge on any atom is -0.410 e. The summed E-state index contributed by atoms with van der Waals surface area (Å²) in [6, 6.07) is 5.85. The Kier molecular flexibility index (Phi) is 2.86. The van der Waals surface area contributed by atoms with Crippen molar-refractivity contribution in [2.75, 3.05) is 0 Å². The van der Waals surface area contributed by atoms with Crippen LogP contribution >= 0.6 is 0 Å². The van der Waals surface area contributed by atoms with Crippen LogP contribution in [0, 0.1) is 0 Å². The van der Waals surface area contributed by atoms with Gasteiger partial charge >= 0.3 is 6.09 Å². The highest BCUT2D eigenvalue weighted by Crippen LogP contribution is 2.42. The number of carbonyl (C=O) groups is 1. The third-order valence-electron chi connectivity index (χ3n) is 3.37. The Balaban J connectivity index is 2.47. The van der Waals surface area contributed by atoms with Crippen LogP contribution < -0.4 is 10.5 Å². The van der Waals surface area contributed by atoms with Gasteiger partial charge in [-0.1, -0.05) is 26.0 Å². The zero-order chi connectivity index (χ0) is 11.7. The monoisotopic (exact) mass is 219 g/mol. The van der Waals surface area contributed by atoms with Crippen molar-refractivity contribution in [3.05, 3.63) is 29.3 Å². The molecule has 16 heavy (non-hydrogen) atoms. The van der Waals surface area contributed by atoms with Crippen molar-refractivity contribution >= 4 is 6.09 Å².